The third-order valence-electron chi connectivity index (χ3n) is 4.72. The van der Waals surface area contributed by atoms with Gasteiger partial charge in [0.1, 0.15) is 18.0 Å². The molecule has 0 bridgehead atoms. The smallest absolute Gasteiger partial charge is 0.261 e. The Labute approximate surface area is 158 Å². The second kappa shape index (κ2) is 7.69. The summed E-state index contributed by atoms with van der Waals surface area (Å²) in [4.78, 5) is 19.9. The fraction of sp³-hybridized carbons (Fsp3) is 0.421. The molecule has 27 heavy (non-hydrogen) atoms. The molecule has 0 aliphatic carbocycles. The van der Waals surface area contributed by atoms with Gasteiger partial charge >= 0.3 is 0 Å². The van der Waals surface area contributed by atoms with Gasteiger partial charge in [0.25, 0.3) is 5.89 Å². The van der Waals surface area contributed by atoms with E-state index >= 15 is 0 Å². The summed E-state index contributed by atoms with van der Waals surface area (Å²) in [6.45, 7) is 5.77. The molecule has 1 unspecified atom stereocenters. The maximum absolute atomic E-state index is 5.33. The van der Waals surface area contributed by atoms with Crippen LogP contribution in [-0.2, 0) is 6.42 Å². The van der Waals surface area contributed by atoms with Crippen molar-refractivity contribution in [3.05, 3.63) is 42.2 Å². The Balaban J connectivity index is 1.52. The molecule has 0 saturated carbocycles. The lowest BCUT2D eigenvalue weighted by Crippen LogP contribution is -2.42. The highest BCUT2D eigenvalue weighted by Crippen LogP contribution is 2.27. The molecule has 0 spiro atoms. The number of hydrogen-bond donors (Lipinski definition) is 1. The van der Waals surface area contributed by atoms with E-state index < -0.39 is 0 Å². The van der Waals surface area contributed by atoms with Gasteiger partial charge in [0.15, 0.2) is 5.82 Å². The maximum Gasteiger partial charge on any atom is 0.261 e. The molecular formula is C19H23N7O. The van der Waals surface area contributed by atoms with E-state index in [1.165, 1.54) is 0 Å². The van der Waals surface area contributed by atoms with Gasteiger partial charge in [-0.25, -0.2) is 15.0 Å². The highest BCUT2D eigenvalue weighted by Gasteiger charge is 2.23. The molecule has 0 radical (unpaired) electrons. The van der Waals surface area contributed by atoms with Crippen molar-refractivity contribution in [3.63, 3.8) is 0 Å². The van der Waals surface area contributed by atoms with Gasteiger partial charge in [-0.15, -0.1) is 0 Å². The number of rotatable bonds is 5. The Morgan fingerprint density at radius 3 is 3.04 bits per heavy atom. The van der Waals surface area contributed by atoms with Crippen molar-refractivity contribution >= 4 is 11.6 Å². The number of hydrogen-bond acceptors (Lipinski definition) is 8. The molecule has 140 valence electrons. The van der Waals surface area contributed by atoms with E-state index in [9.17, 15) is 0 Å². The molecule has 1 saturated heterocycles. The number of nitrogens with one attached hydrogen (secondary N) is 1. The number of pyridine rings is 1. The molecule has 1 atom stereocenters. The lowest BCUT2D eigenvalue weighted by molar-refractivity contribution is 0.425. The van der Waals surface area contributed by atoms with Crippen LogP contribution < -0.4 is 10.2 Å². The maximum atomic E-state index is 5.33. The van der Waals surface area contributed by atoms with Gasteiger partial charge in [0.05, 0.1) is 5.56 Å². The van der Waals surface area contributed by atoms with Gasteiger partial charge in [-0.2, -0.15) is 4.98 Å². The molecular weight excluding hydrogens is 342 g/mol. The van der Waals surface area contributed by atoms with Crippen LogP contribution in [0.15, 0.2) is 35.2 Å². The molecule has 1 aliphatic rings. The molecule has 3 aromatic rings. The average Bonchev–Trinajstić information content (AvgIpc) is 3.15. The first-order valence-electron chi connectivity index (χ1n) is 9.31. The van der Waals surface area contributed by atoms with Gasteiger partial charge < -0.3 is 14.7 Å². The van der Waals surface area contributed by atoms with Crippen LogP contribution in [0.25, 0.3) is 11.5 Å². The Morgan fingerprint density at radius 1 is 1.30 bits per heavy atom. The van der Waals surface area contributed by atoms with Crippen molar-refractivity contribution < 1.29 is 4.52 Å². The number of nitrogens with zero attached hydrogens (tertiary/aromatic N) is 6. The molecule has 0 aromatic carbocycles. The second-order valence-corrected chi connectivity index (χ2v) is 6.70. The first-order chi connectivity index (χ1) is 13.2. The Bertz CT molecular complexity index is 910. The van der Waals surface area contributed by atoms with Crippen molar-refractivity contribution in [2.24, 2.45) is 0 Å². The summed E-state index contributed by atoms with van der Waals surface area (Å²) in [5.74, 6) is 2.85. The van der Waals surface area contributed by atoms with Crippen molar-refractivity contribution in [2.45, 2.75) is 39.2 Å². The number of aromatic nitrogens is 5. The zero-order valence-electron chi connectivity index (χ0n) is 15.6. The van der Waals surface area contributed by atoms with E-state index in [1.807, 2.05) is 19.1 Å². The zero-order valence-corrected chi connectivity index (χ0v) is 15.6. The summed E-state index contributed by atoms with van der Waals surface area (Å²) < 4.78 is 5.33. The zero-order chi connectivity index (χ0) is 18.6. The Kier molecular flexibility index (Phi) is 4.95. The topological polar surface area (TPSA) is 92.9 Å². The fourth-order valence-electron chi connectivity index (χ4n) is 3.35. The number of anilines is 2. The largest absolute Gasteiger partial charge is 0.365 e. The van der Waals surface area contributed by atoms with Crippen molar-refractivity contribution in [1.29, 1.82) is 0 Å². The van der Waals surface area contributed by atoms with Crippen molar-refractivity contribution in [1.82, 2.24) is 25.1 Å². The lowest BCUT2D eigenvalue weighted by Gasteiger charge is -2.34. The highest BCUT2D eigenvalue weighted by molar-refractivity contribution is 5.69. The summed E-state index contributed by atoms with van der Waals surface area (Å²) in [5.41, 5.74) is 1.89. The first-order valence-corrected chi connectivity index (χ1v) is 9.31. The van der Waals surface area contributed by atoms with Crippen LogP contribution in [0.3, 0.4) is 0 Å². The fourth-order valence-corrected chi connectivity index (χ4v) is 3.35. The van der Waals surface area contributed by atoms with Crippen LogP contribution in [0.1, 0.15) is 31.3 Å². The Morgan fingerprint density at radius 2 is 2.22 bits per heavy atom. The molecule has 1 aliphatic heterocycles. The van der Waals surface area contributed by atoms with E-state index in [0.717, 1.165) is 55.2 Å². The van der Waals surface area contributed by atoms with Crippen molar-refractivity contribution in [2.75, 3.05) is 23.3 Å². The van der Waals surface area contributed by atoms with E-state index in [-0.39, 0.29) is 6.04 Å². The molecule has 1 N–H and O–H groups in total. The van der Waals surface area contributed by atoms with Gasteiger partial charge in [-0.05, 0) is 38.3 Å². The number of piperidine rings is 1. The lowest BCUT2D eigenvalue weighted by atomic mass is 10.1. The number of aryl methyl sites for hydroxylation is 2. The Hall–Kier alpha value is -3.03. The third kappa shape index (κ3) is 3.89. The van der Waals surface area contributed by atoms with Crippen LogP contribution in [-0.4, -0.2) is 44.2 Å². The molecule has 3 aromatic heterocycles. The summed E-state index contributed by atoms with van der Waals surface area (Å²) in [6, 6.07) is 6.16. The highest BCUT2D eigenvalue weighted by atomic mass is 16.5. The third-order valence-corrected chi connectivity index (χ3v) is 4.72. The quantitative estimate of drug-likeness (QED) is 0.738. The predicted octanol–water partition coefficient (Wildman–Crippen LogP) is 2.87. The molecule has 4 heterocycles. The normalized spacial score (nSPS) is 17.1. The summed E-state index contributed by atoms with van der Waals surface area (Å²) in [5, 5.41) is 7.45. The monoisotopic (exact) mass is 365 g/mol. The van der Waals surface area contributed by atoms with Crippen LogP contribution in [0.4, 0.5) is 11.6 Å². The van der Waals surface area contributed by atoms with Gasteiger partial charge in [0, 0.05) is 37.1 Å². The molecule has 8 heteroatoms. The van der Waals surface area contributed by atoms with Crippen molar-refractivity contribution in [3.8, 4) is 11.5 Å². The predicted molar refractivity (Wildman–Crippen MR) is 103 cm³/mol. The van der Waals surface area contributed by atoms with E-state index in [4.69, 9.17) is 4.52 Å². The summed E-state index contributed by atoms with van der Waals surface area (Å²) in [7, 11) is 0. The summed E-state index contributed by atoms with van der Waals surface area (Å²) >= 11 is 0. The van der Waals surface area contributed by atoms with Gasteiger partial charge in [-0.3, -0.25) is 0 Å². The minimum Gasteiger partial charge on any atom is -0.365 e. The van der Waals surface area contributed by atoms with Gasteiger partial charge in [-0.1, -0.05) is 12.1 Å². The van der Waals surface area contributed by atoms with E-state index in [1.54, 1.807) is 12.5 Å². The van der Waals surface area contributed by atoms with Crippen LogP contribution in [0, 0.1) is 6.92 Å². The second-order valence-electron chi connectivity index (χ2n) is 6.70. The van der Waals surface area contributed by atoms with Crippen LogP contribution in [0.5, 0.6) is 0 Å². The van der Waals surface area contributed by atoms with Crippen LogP contribution in [0.2, 0.25) is 0 Å². The standard InChI is InChI=1S/C19H23N7O/c1-3-14-10-17(22-12-21-14)26-9-5-6-15(11-26)24-18-16(7-4-8-20-18)19-23-13(2)25-27-19/h4,7-8,10,12,15H,3,5-6,9,11H2,1-2H3,(H,20,24). The van der Waals surface area contributed by atoms with Gasteiger partial charge in [0.2, 0.25) is 0 Å². The summed E-state index contributed by atoms with van der Waals surface area (Å²) in [6.07, 6.45) is 6.49. The molecule has 0 amide bonds. The first kappa shape index (κ1) is 17.4. The molecule has 1 fully saturated rings. The van der Waals surface area contributed by atoms with E-state index in [0.29, 0.717) is 11.7 Å². The molecule has 8 nitrogen and oxygen atoms in total. The minimum absolute atomic E-state index is 0.261. The van der Waals surface area contributed by atoms with E-state index in [2.05, 4.69) is 48.3 Å². The molecule has 4 rings (SSSR count). The van der Waals surface area contributed by atoms with Crippen LogP contribution >= 0.6 is 0 Å². The SMILES string of the molecule is CCc1cc(N2CCCC(Nc3ncccc3-c3nc(C)no3)C2)ncn1. The minimum atomic E-state index is 0.261. The average molecular weight is 365 g/mol.